The molecule has 112 valence electrons. The van der Waals surface area contributed by atoms with Crippen molar-refractivity contribution >= 4 is 34.7 Å². The first-order chi connectivity index (χ1) is 9.83. The lowest BCUT2D eigenvalue weighted by Gasteiger charge is -2.09. The standard InChI is InChI=1S/C11H9F3N4O2S/c12-11(13,14)20-7-1-2-8(15)6(3-7)4-16-18-10-17-9(19)5-21-10/h1-4H,5,15H2,(H,17,18,19). The molecule has 1 aromatic carbocycles. The van der Waals surface area contributed by atoms with Crippen molar-refractivity contribution < 1.29 is 22.7 Å². The van der Waals surface area contributed by atoms with Gasteiger partial charge in [-0.25, -0.2) is 0 Å². The summed E-state index contributed by atoms with van der Waals surface area (Å²) in [6, 6.07) is 3.45. The zero-order chi connectivity index (χ0) is 15.5. The van der Waals surface area contributed by atoms with Crippen LogP contribution in [0.3, 0.4) is 0 Å². The predicted molar refractivity (Wildman–Crippen MR) is 73.2 cm³/mol. The van der Waals surface area contributed by atoms with Crippen molar-refractivity contribution in [1.29, 1.82) is 0 Å². The number of nitrogen functional groups attached to an aromatic ring is 1. The summed E-state index contributed by atoms with van der Waals surface area (Å²) in [4.78, 5) is 10.9. The fraction of sp³-hybridized carbons (Fsp3) is 0.182. The quantitative estimate of drug-likeness (QED) is 0.504. The number of carbonyl (C=O) groups excluding carboxylic acids is 1. The van der Waals surface area contributed by atoms with E-state index in [1.807, 2.05) is 0 Å². The zero-order valence-corrected chi connectivity index (χ0v) is 11.2. The number of thioether (sulfide) groups is 1. The second kappa shape index (κ2) is 6.04. The predicted octanol–water partition coefficient (Wildman–Crippen LogP) is 1.72. The van der Waals surface area contributed by atoms with Crippen LogP contribution in [0.5, 0.6) is 5.75 Å². The van der Waals surface area contributed by atoms with E-state index in [9.17, 15) is 18.0 Å². The van der Waals surface area contributed by atoms with Crippen LogP contribution in [0.2, 0.25) is 0 Å². The summed E-state index contributed by atoms with van der Waals surface area (Å²) in [5, 5.41) is 10.1. The lowest BCUT2D eigenvalue weighted by atomic mass is 10.2. The fourth-order valence-corrected chi connectivity index (χ4v) is 2.02. The Labute approximate surface area is 121 Å². The maximum atomic E-state index is 12.1. The van der Waals surface area contributed by atoms with Crippen molar-refractivity contribution in [2.75, 3.05) is 11.5 Å². The van der Waals surface area contributed by atoms with Gasteiger partial charge in [0.05, 0.1) is 12.0 Å². The number of anilines is 1. The molecule has 1 aliphatic rings. The lowest BCUT2D eigenvalue weighted by molar-refractivity contribution is -0.274. The Balaban J connectivity index is 2.12. The molecule has 0 aliphatic carbocycles. The second-order valence-corrected chi connectivity index (χ2v) is 4.79. The number of ether oxygens (including phenoxy) is 1. The third kappa shape index (κ3) is 4.67. The highest BCUT2D eigenvalue weighted by atomic mass is 32.2. The van der Waals surface area contributed by atoms with Gasteiger partial charge >= 0.3 is 6.36 Å². The number of amides is 1. The summed E-state index contributed by atoms with van der Waals surface area (Å²) in [5.74, 6) is -0.339. The minimum Gasteiger partial charge on any atom is -0.406 e. The lowest BCUT2D eigenvalue weighted by Crippen LogP contribution is -2.19. The van der Waals surface area contributed by atoms with Crippen LogP contribution < -0.4 is 15.8 Å². The average molecular weight is 318 g/mol. The number of alkyl halides is 3. The average Bonchev–Trinajstić information content (AvgIpc) is 2.77. The highest BCUT2D eigenvalue weighted by Crippen LogP contribution is 2.25. The van der Waals surface area contributed by atoms with Gasteiger partial charge < -0.3 is 15.8 Å². The van der Waals surface area contributed by atoms with Gasteiger partial charge in [-0.05, 0) is 18.2 Å². The van der Waals surface area contributed by atoms with Gasteiger partial charge in [0.1, 0.15) is 5.75 Å². The van der Waals surface area contributed by atoms with Crippen molar-refractivity contribution in [3.63, 3.8) is 0 Å². The van der Waals surface area contributed by atoms with E-state index in [1.165, 1.54) is 24.0 Å². The van der Waals surface area contributed by atoms with Gasteiger partial charge in [0.2, 0.25) is 5.91 Å². The first-order valence-electron chi connectivity index (χ1n) is 5.52. The third-order valence-electron chi connectivity index (χ3n) is 2.22. The SMILES string of the molecule is Nc1ccc(OC(F)(F)F)cc1C=NN=C1NC(=O)CS1. The molecule has 1 amide bonds. The number of rotatable bonds is 3. The second-order valence-electron chi connectivity index (χ2n) is 3.83. The number of hydrogen-bond donors (Lipinski definition) is 2. The monoisotopic (exact) mass is 318 g/mol. The summed E-state index contributed by atoms with van der Waals surface area (Å²) in [6.07, 6.45) is -3.61. The first kappa shape index (κ1) is 15.2. The van der Waals surface area contributed by atoms with Gasteiger partial charge in [0.25, 0.3) is 0 Å². The van der Waals surface area contributed by atoms with Crippen LogP contribution in [0.4, 0.5) is 18.9 Å². The number of amidine groups is 1. The molecule has 1 heterocycles. The molecular weight excluding hydrogens is 309 g/mol. The molecule has 1 aliphatic heterocycles. The zero-order valence-electron chi connectivity index (χ0n) is 10.3. The number of hydrogen-bond acceptors (Lipinski definition) is 6. The summed E-state index contributed by atoms with van der Waals surface area (Å²) < 4.78 is 40.1. The van der Waals surface area contributed by atoms with E-state index < -0.39 is 12.1 Å². The molecule has 2 rings (SSSR count). The van der Waals surface area contributed by atoms with E-state index in [4.69, 9.17) is 5.73 Å². The van der Waals surface area contributed by atoms with Gasteiger partial charge in [0.15, 0.2) is 5.17 Å². The fourth-order valence-electron chi connectivity index (χ4n) is 1.38. The number of halogens is 3. The molecule has 0 radical (unpaired) electrons. The molecule has 1 saturated heterocycles. The van der Waals surface area contributed by atoms with Gasteiger partial charge in [-0.1, -0.05) is 11.8 Å². The number of carbonyl (C=O) groups is 1. The van der Waals surface area contributed by atoms with Crippen LogP contribution in [0.1, 0.15) is 5.56 Å². The van der Waals surface area contributed by atoms with Crippen molar-refractivity contribution in [2.45, 2.75) is 6.36 Å². The Morgan fingerprint density at radius 2 is 2.19 bits per heavy atom. The van der Waals surface area contributed by atoms with Crippen molar-refractivity contribution in [3.8, 4) is 5.75 Å². The molecule has 0 saturated carbocycles. The Morgan fingerprint density at radius 1 is 1.43 bits per heavy atom. The number of nitrogens with two attached hydrogens (primary N) is 1. The summed E-state index contributed by atoms with van der Waals surface area (Å²) >= 11 is 1.17. The molecule has 0 spiro atoms. The maximum Gasteiger partial charge on any atom is 0.573 e. The van der Waals surface area contributed by atoms with E-state index in [1.54, 1.807) is 0 Å². The van der Waals surface area contributed by atoms with Crippen LogP contribution in [0.15, 0.2) is 28.4 Å². The van der Waals surface area contributed by atoms with Gasteiger partial charge in [0, 0.05) is 11.3 Å². The van der Waals surface area contributed by atoms with Crippen molar-refractivity contribution in [1.82, 2.24) is 5.32 Å². The molecular formula is C11H9F3N4O2S. The van der Waals surface area contributed by atoms with E-state index in [0.29, 0.717) is 5.17 Å². The molecule has 0 unspecified atom stereocenters. The Morgan fingerprint density at radius 3 is 2.81 bits per heavy atom. The topological polar surface area (TPSA) is 89.1 Å². The molecule has 1 fully saturated rings. The van der Waals surface area contributed by atoms with Gasteiger partial charge in [-0.2, -0.15) is 5.10 Å². The highest BCUT2D eigenvalue weighted by Gasteiger charge is 2.31. The molecule has 0 bridgehead atoms. The number of nitrogens with zero attached hydrogens (tertiary/aromatic N) is 2. The molecule has 0 aromatic heterocycles. The third-order valence-corrected chi connectivity index (χ3v) is 3.09. The number of nitrogens with one attached hydrogen (secondary N) is 1. The summed E-state index contributed by atoms with van der Waals surface area (Å²) in [5.41, 5.74) is 6.06. The molecule has 0 atom stereocenters. The molecule has 10 heteroatoms. The van der Waals surface area contributed by atoms with E-state index >= 15 is 0 Å². The van der Waals surface area contributed by atoms with Crippen LogP contribution in [-0.2, 0) is 4.79 Å². The van der Waals surface area contributed by atoms with Gasteiger partial charge in [-0.3, -0.25) is 4.79 Å². The van der Waals surface area contributed by atoms with E-state index in [-0.39, 0.29) is 22.9 Å². The van der Waals surface area contributed by atoms with Gasteiger partial charge in [-0.15, -0.1) is 18.3 Å². The van der Waals surface area contributed by atoms with Crippen molar-refractivity contribution in [3.05, 3.63) is 23.8 Å². The highest BCUT2D eigenvalue weighted by molar-refractivity contribution is 8.15. The Hall–Kier alpha value is -2.23. The van der Waals surface area contributed by atoms with Crippen LogP contribution in [0, 0.1) is 0 Å². The number of benzene rings is 1. The maximum absolute atomic E-state index is 12.1. The van der Waals surface area contributed by atoms with E-state index in [0.717, 1.165) is 12.1 Å². The Bertz CT molecular complexity index is 616. The van der Waals surface area contributed by atoms with Crippen molar-refractivity contribution in [2.24, 2.45) is 10.2 Å². The largest absolute Gasteiger partial charge is 0.573 e. The summed E-state index contributed by atoms with van der Waals surface area (Å²) in [7, 11) is 0. The smallest absolute Gasteiger partial charge is 0.406 e. The minimum atomic E-state index is -4.78. The first-order valence-corrected chi connectivity index (χ1v) is 6.51. The van der Waals surface area contributed by atoms with E-state index in [2.05, 4.69) is 20.3 Å². The van der Waals surface area contributed by atoms with Crippen LogP contribution in [0.25, 0.3) is 0 Å². The van der Waals surface area contributed by atoms with Crippen LogP contribution >= 0.6 is 11.8 Å². The molecule has 6 nitrogen and oxygen atoms in total. The summed E-state index contributed by atoms with van der Waals surface area (Å²) in [6.45, 7) is 0. The molecule has 21 heavy (non-hydrogen) atoms. The minimum absolute atomic E-state index is 0.186. The normalized spacial score (nSPS) is 17.5. The van der Waals surface area contributed by atoms with Crippen LogP contribution in [-0.4, -0.2) is 29.4 Å². The Kier molecular flexibility index (Phi) is 4.36. The molecule has 1 aromatic rings. The molecule has 3 N–H and O–H groups in total.